The molecule has 10 atom stereocenters. The maximum absolute atomic E-state index is 12.8. The zero-order chi connectivity index (χ0) is 25.9. The Labute approximate surface area is 208 Å². The Kier molecular flexibility index (Phi) is 6.50. The van der Waals surface area contributed by atoms with Crippen LogP contribution in [0.1, 0.15) is 87.0 Å². The average Bonchev–Trinajstić information content (AvgIpc) is 2.71. The molecule has 196 valence electrons. The van der Waals surface area contributed by atoms with E-state index in [1.165, 1.54) is 20.8 Å². The van der Waals surface area contributed by atoms with Gasteiger partial charge in [0.2, 0.25) is 0 Å². The molecule has 0 bridgehead atoms. The van der Waals surface area contributed by atoms with Crippen LogP contribution in [-0.2, 0) is 33.4 Å². The maximum atomic E-state index is 12.8. The first-order valence-electron chi connectivity index (χ1n) is 13.0. The molecular weight excluding hydrogens is 450 g/mol. The highest BCUT2D eigenvalue weighted by atomic mass is 16.6. The number of ether oxygens (including phenoxy) is 3. The molecule has 0 aromatic rings. The largest absolute Gasteiger partial charge is 0.462 e. The summed E-state index contributed by atoms with van der Waals surface area (Å²) >= 11 is 0. The Morgan fingerprint density at radius 1 is 0.857 bits per heavy atom. The highest BCUT2D eigenvalue weighted by molar-refractivity contribution is 5.84. The summed E-state index contributed by atoms with van der Waals surface area (Å²) in [6, 6.07) is -0.178. The number of amides is 1. The SMILES string of the molecule is CC(=O)O[C@H]1C[C@@]2(C)[C@@H](C[C@@H](OC(C)=O)[C@H]3[C@@]4(C)CC[C@@H](OC(C)=O)[C@@H](C)[C@@H]4CC[C@@]32C)NC1=O. The van der Waals surface area contributed by atoms with Crippen molar-refractivity contribution < 1.29 is 33.4 Å². The molecule has 35 heavy (non-hydrogen) atoms. The van der Waals surface area contributed by atoms with Gasteiger partial charge in [-0.05, 0) is 53.8 Å². The van der Waals surface area contributed by atoms with Gasteiger partial charge in [-0.2, -0.15) is 0 Å². The second-order valence-corrected chi connectivity index (χ2v) is 12.3. The van der Waals surface area contributed by atoms with Gasteiger partial charge in [0.15, 0.2) is 6.10 Å². The van der Waals surface area contributed by atoms with Crippen molar-refractivity contribution in [3.8, 4) is 0 Å². The normalized spacial score (nSPS) is 46.7. The van der Waals surface area contributed by atoms with Gasteiger partial charge in [0.25, 0.3) is 5.91 Å². The van der Waals surface area contributed by atoms with Crippen molar-refractivity contribution in [3.63, 3.8) is 0 Å². The summed E-state index contributed by atoms with van der Waals surface area (Å²) in [4.78, 5) is 48.6. The van der Waals surface area contributed by atoms with Crippen molar-refractivity contribution >= 4 is 23.8 Å². The van der Waals surface area contributed by atoms with Crippen LogP contribution in [0.3, 0.4) is 0 Å². The maximum Gasteiger partial charge on any atom is 0.303 e. The molecule has 1 amide bonds. The molecule has 4 aliphatic rings. The molecule has 0 radical (unpaired) electrons. The van der Waals surface area contributed by atoms with Crippen LogP contribution in [0.25, 0.3) is 0 Å². The lowest BCUT2D eigenvalue weighted by Gasteiger charge is -2.70. The fourth-order valence-corrected chi connectivity index (χ4v) is 8.92. The molecule has 3 saturated carbocycles. The van der Waals surface area contributed by atoms with E-state index in [1.807, 2.05) is 0 Å². The summed E-state index contributed by atoms with van der Waals surface area (Å²) in [6.07, 6.45) is 3.25. The van der Waals surface area contributed by atoms with E-state index in [1.54, 1.807) is 0 Å². The second kappa shape index (κ2) is 8.77. The van der Waals surface area contributed by atoms with Gasteiger partial charge in [-0.25, -0.2) is 0 Å². The molecule has 0 aromatic heterocycles. The van der Waals surface area contributed by atoms with E-state index in [2.05, 4.69) is 33.0 Å². The van der Waals surface area contributed by atoms with Gasteiger partial charge in [-0.3, -0.25) is 19.2 Å². The third kappa shape index (κ3) is 4.05. The fourth-order valence-electron chi connectivity index (χ4n) is 8.92. The van der Waals surface area contributed by atoms with E-state index in [-0.39, 0.29) is 64.2 Å². The number of carbonyl (C=O) groups is 4. The highest BCUT2D eigenvalue weighted by Crippen LogP contribution is 2.71. The molecule has 1 heterocycles. The summed E-state index contributed by atoms with van der Waals surface area (Å²) < 4.78 is 17.2. The molecule has 1 N–H and O–H groups in total. The molecule has 3 aliphatic carbocycles. The average molecular weight is 492 g/mol. The van der Waals surface area contributed by atoms with Crippen molar-refractivity contribution in [2.24, 2.45) is 34.0 Å². The van der Waals surface area contributed by atoms with E-state index in [0.717, 1.165) is 25.7 Å². The minimum absolute atomic E-state index is 0.0626. The number of carbonyl (C=O) groups excluding carboxylic acids is 4. The summed E-state index contributed by atoms with van der Waals surface area (Å²) in [7, 11) is 0. The summed E-state index contributed by atoms with van der Waals surface area (Å²) in [6.45, 7) is 13.3. The van der Waals surface area contributed by atoms with Crippen LogP contribution in [0.2, 0.25) is 0 Å². The van der Waals surface area contributed by atoms with Gasteiger partial charge in [0.05, 0.1) is 0 Å². The van der Waals surface area contributed by atoms with Crippen LogP contribution < -0.4 is 5.32 Å². The molecular formula is C27H41NO7. The van der Waals surface area contributed by atoms with Crippen molar-refractivity contribution in [2.75, 3.05) is 0 Å². The molecule has 1 saturated heterocycles. The number of nitrogens with one attached hydrogen (secondary N) is 1. The second-order valence-electron chi connectivity index (χ2n) is 12.3. The summed E-state index contributed by atoms with van der Waals surface area (Å²) in [5.74, 6) is -0.713. The van der Waals surface area contributed by atoms with Crippen molar-refractivity contribution in [2.45, 2.75) is 111 Å². The summed E-state index contributed by atoms with van der Waals surface area (Å²) in [5, 5.41) is 3.13. The van der Waals surface area contributed by atoms with E-state index >= 15 is 0 Å². The van der Waals surface area contributed by atoms with Gasteiger partial charge in [0, 0.05) is 45.6 Å². The zero-order valence-electron chi connectivity index (χ0n) is 22.1. The topological polar surface area (TPSA) is 108 Å². The molecule has 4 fully saturated rings. The smallest absolute Gasteiger partial charge is 0.303 e. The zero-order valence-corrected chi connectivity index (χ0v) is 22.1. The number of hydrogen-bond acceptors (Lipinski definition) is 7. The lowest BCUT2D eigenvalue weighted by Crippen LogP contribution is -2.73. The van der Waals surface area contributed by atoms with Gasteiger partial charge in [-0.15, -0.1) is 0 Å². The quantitative estimate of drug-likeness (QED) is 0.475. The number of rotatable bonds is 3. The van der Waals surface area contributed by atoms with Crippen LogP contribution in [0.4, 0.5) is 0 Å². The van der Waals surface area contributed by atoms with Crippen molar-refractivity contribution in [1.29, 1.82) is 0 Å². The van der Waals surface area contributed by atoms with Crippen LogP contribution >= 0.6 is 0 Å². The third-order valence-electron chi connectivity index (χ3n) is 10.5. The Bertz CT molecular complexity index is 919. The van der Waals surface area contributed by atoms with E-state index in [4.69, 9.17) is 14.2 Å². The Morgan fingerprint density at radius 2 is 1.46 bits per heavy atom. The first-order chi connectivity index (χ1) is 16.2. The molecule has 1 aliphatic heterocycles. The van der Waals surface area contributed by atoms with Crippen molar-refractivity contribution in [1.82, 2.24) is 5.32 Å². The molecule has 0 unspecified atom stereocenters. The monoisotopic (exact) mass is 491 g/mol. The third-order valence-corrected chi connectivity index (χ3v) is 10.5. The van der Waals surface area contributed by atoms with Crippen molar-refractivity contribution in [3.05, 3.63) is 0 Å². The molecule has 0 spiro atoms. The number of piperidine rings is 1. The predicted molar refractivity (Wildman–Crippen MR) is 127 cm³/mol. The molecule has 4 rings (SSSR count). The van der Waals surface area contributed by atoms with Crippen LogP contribution in [0.5, 0.6) is 0 Å². The Morgan fingerprint density at radius 3 is 2.06 bits per heavy atom. The molecule has 8 nitrogen and oxygen atoms in total. The molecule has 0 aromatic carbocycles. The predicted octanol–water partition coefficient (Wildman–Crippen LogP) is 3.55. The van der Waals surface area contributed by atoms with E-state index in [9.17, 15) is 19.2 Å². The lowest BCUT2D eigenvalue weighted by molar-refractivity contribution is -0.250. The minimum Gasteiger partial charge on any atom is -0.462 e. The van der Waals surface area contributed by atoms with E-state index < -0.39 is 12.1 Å². The van der Waals surface area contributed by atoms with Crippen LogP contribution in [0.15, 0.2) is 0 Å². The molecule has 8 heteroatoms. The summed E-state index contributed by atoms with van der Waals surface area (Å²) in [5.41, 5.74) is -0.733. The number of fused-ring (bicyclic) bond motifs is 5. The van der Waals surface area contributed by atoms with Gasteiger partial charge in [0.1, 0.15) is 12.2 Å². The standard InChI is InChI=1S/C27H41NO7/c1-14-18-8-11-26(6)23(25(18,5)10-9-19(14)33-15(2)29)20(34-16(3)30)12-22-27(26,7)13-21(24(32)28-22)35-17(4)31/h14,18-23H,8-13H2,1-7H3,(H,28,32)/t14-,18-,19+,20+,21-,22+,23-,25-,26-,27-/m0/s1. The van der Waals surface area contributed by atoms with Crippen LogP contribution in [-0.4, -0.2) is 48.2 Å². The van der Waals surface area contributed by atoms with Crippen LogP contribution in [0, 0.1) is 34.0 Å². The minimum atomic E-state index is -0.819. The van der Waals surface area contributed by atoms with Gasteiger partial charge >= 0.3 is 17.9 Å². The van der Waals surface area contributed by atoms with Gasteiger partial charge < -0.3 is 19.5 Å². The first-order valence-corrected chi connectivity index (χ1v) is 13.0. The van der Waals surface area contributed by atoms with E-state index in [0.29, 0.717) is 18.8 Å². The lowest BCUT2D eigenvalue weighted by atomic mass is 9.36. The first kappa shape index (κ1) is 26.0. The fraction of sp³-hybridized carbons (Fsp3) is 0.852. The highest BCUT2D eigenvalue weighted by Gasteiger charge is 2.70. The number of hydrogen-bond donors (Lipinski definition) is 1. The van der Waals surface area contributed by atoms with Gasteiger partial charge in [-0.1, -0.05) is 27.7 Å². The Balaban J connectivity index is 1.75. The number of esters is 3. The Hall–Kier alpha value is -2.12.